The summed E-state index contributed by atoms with van der Waals surface area (Å²) >= 11 is 0. The van der Waals surface area contributed by atoms with Gasteiger partial charge in [-0.3, -0.25) is 4.79 Å². The maximum Gasteiger partial charge on any atom is 0.254 e. The quantitative estimate of drug-likeness (QED) is 0.765. The van der Waals surface area contributed by atoms with Crippen molar-refractivity contribution in [3.63, 3.8) is 0 Å². The third-order valence-corrected chi connectivity index (χ3v) is 4.94. The maximum atomic E-state index is 13.0. The Hall–Kier alpha value is -2.49. The van der Waals surface area contributed by atoms with Gasteiger partial charge in [-0.25, -0.2) is 0 Å². The number of aromatic amines is 1. The zero-order valence-corrected chi connectivity index (χ0v) is 13.4. The number of amides is 1. The van der Waals surface area contributed by atoms with Crippen LogP contribution in [0.2, 0.25) is 0 Å². The van der Waals surface area contributed by atoms with Crippen LogP contribution in [0.1, 0.15) is 46.3 Å². The molecule has 1 amide bonds. The number of nitrogens with one attached hydrogen (secondary N) is 1. The first kappa shape index (κ1) is 14.1. The molecule has 23 heavy (non-hydrogen) atoms. The summed E-state index contributed by atoms with van der Waals surface area (Å²) in [6, 6.07) is 9.82. The van der Waals surface area contributed by atoms with Crippen molar-refractivity contribution in [2.75, 3.05) is 6.54 Å². The lowest BCUT2D eigenvalue weighted by atomic mass is 10.1. The molecule has 1 atom stereocenters. The minimum atomic E-state index is 0.0576. The number of likely N-dealkylation sites (tertiary alicyclic amines) is 1. The molecule has 1 aliphatic heterocycles. The van der Waals surface area contributed by atoms with E-state index in [1.54, 1.807) is 6.26 Å². The standard InChI is InChI=1S/C19H20N2O2/c1-12-13(2)20-16-8-7-14(11-15(12)16)19(22)21-9-3-5-17(21)18-6-4-10-23-18/h4,6-8,10-11,17,20H,3,5,9H2,1-2H3/t17-/m1/s1. The molecule has 1 saturated heterocycles. The molecule has 0 bridgehead atoms. The summed E-state index contributed by atoms with van der Waals surface area (Å²) in [6.45, 7) is 4.93. The molecular weight excluding hydrogens is 288 g/mol. The fourth-order valence-electron chi connectivity index (χ4n) is 3.55. The molecule has 4 rings (SSSR count). The average Bonchev–Trinajstić information content (AvgIpc) is 3.27. The Morgan fingerprint density at radius 1 is 1.30 bits per heavy atom. The molecule has 0 spiro atoms. The van der Waals surface area contributed by atoms with E-state index in [0.29, 0.717) is 0 Å². The highest BCUT2D eigenvalue weighted by atomic mass is 16.3. The highest BCUT2D eigenvalue weighted by Crippen LogP contribution is 2.34. The fourth-order valence-corrected chi connectivity index (χ4v) is 3.55. The van der Waals surface area contributed by atoms with E-state index in [9.17, 15) is 4.79 Å². The molecule has 118 valence electrons. The number of hydrogen-bond donors (Lipinski definition) is 1. The molecule has 0 unspecified atom stereocenters. The molecule has 0 aliphatic carbocycles. The number of furan rings is 1. The first-order chi connectivity index (χ1) is 11.1. The Balaban J connectivity index is 1.69. The number of aryl methyl sites for hydroxylation is 2. The van der Waals surface area contributed by atoms with Crippen LogP contribution in [-0.2, 0) is 0 Å². The number of hydrogen-bond acceptors (Lipinski definition) is 2. The van der Waals surface area contributed by atoms with Gasteiger partial charge >= 0.3 is 0 Å². The van der Waals surface area contributed by atoms with Crippen LogP contribution in [-0.4, -0.2) is 22.3 Å². The predicted octanol–water partition coefficient (Wildman–Crippen LogP) is 4.36. The van der Waals surface area contributed by atoms with Crippen molar-refractivity contribution in [3.05, 3.63) is 59.2 Å². The van der Waals surface area contributed by atoms with Crippen LogP contribution in [0.5, 0.6) is 0 Å². The van der Waals surface area contributed by atoms with Gasteiger partial charge in [0.1, 0.15) is 5.76 Å². The second kappa shape index (κ2) is 5.30. The third-order valence-electron chi connectivity index (χ3n) is 4.94. The molecule has 4 heteroatoms. The van der Waals surface area contributed by atoms with Crippen molar-refractivity contribution in [3.8, 4) is 0 Å². The highest BCUT2D eigenvalue weighted by molar-refractivity contribution is 5.99. The molecule has 1 aromatic carbocycles. The Bertz CT molecular complexity index is 861. The van der Waals surface area contributed by atoms with Crippen LogP contribution in [0.3, 0.4) is 0 Å². The molecule has 4 nitrogen and oxygen atoms in total. The number of benzene rings is 1. The van der Waals surface area contributed by atoms with Crippen molar-refractivity contribution in [2.24, 2.45) is 0 Å². The number of H-pyrrole nitrogens is 1. The normalized spacial score (nSPS) is 18.0. The Labute approximate surface area is 135 Å². The monoisotopic (exact) mass is 308 g/mol. The molecule has 1 N–H and O–H groups in total. The number of carbonyl (C=O) groups excluding carboxylic acids is 1. The number of nitrogens with zero attached hydrogens (tertiary/aromatic N) is 1. The number of fused-ring (bicyclic) bond motifs is 1. The van der Waals surface area contributed by atoms with E-state index in [-0.39, 0.29) is 11.9 Å². The second-order valence-corrected chi connectivity index (χ2v) is 6.31. The third kappa shape index (κ3) is 2.25. The predicted molar refractivity (Wildman–Crippen MR) is 89.5 cm³/mol. The van der Waals surface area contributed by atoms with E-state index < -0.39 is 0 Å². The van der Waals surface area contributed by atoms with Crippen molar-refractivity contribution in [2.45, 2.75) is 32.7 Å². The first-order valence-corrected chi connectivity index (χ1v) is 8.08. The van der Waals surface area contributed by atoms with Gasteiger partial charge in [0.2, 0.25) is 0 Å². The molecule has 2 aromatic heterocycles. The minimum Gasteiger partial charge on any atom is -0.467 e. The molecule has 0 saturated carbocycles. The number of carbonyl (C=O) groups is 1. The topological polar surface area (TPSA) is 49.2 Å². The smallest absolute Gasteiger partial charge is 0.254 e. The summed E-state index contributed by atoms with van der Waals surface area (Å²) in [6.07, 6.45) is 3.65. The zero-order chi connectivity index (χ0) is 16.0. The summed E-state index contributed by atoms with van der Waals surface area (Å²) in [5, 5.41) is 1.13. The highest BCUT2D eigenvalue weighted by Gasteiger charge is 2.32. The number of aromatic nitrogens is 1. The van der Waals surface area contributed by atoms with E-state index in [1.165, 1.54) is 5.56 Å². The Kier molecular flexibility index (Phi) is 3.26. The van der Waals surface area contributed by atoms with E-state index in [1.807, 2.05) is 35.2 Å². The van der Waals surface area contributed by atoms with Gasteiger partial charge in [0.25, 0.3) is 5.91 Å². The van der Waals surface area contributed by atoms with Crippen LogP contribution in [0, 0.1) is 13.8 Å². The lowest BCUT2D eigenvalue weighted by Crippen LogP contribution is -2.30. The fraction of sp³-hybridized carbons (Fsp3) is 0.316. The summed E-state index contributed by atoms with van der Waals surface area (Å²) in [7, 11) is 0. The van der Waals surface area contributed by atoms with Crippen LogP contribution >= 0.6 is 0 Å². The molecule has 1 aliphatic rings. The van der Waals surface area contributed by atoms with Gasteiger partial charge in [0, 0.05) is 28.7 Å². The van der Waals surface area contributed by atoms with Crippen LogP contribution < -0.4 is 0 Å². The van der Waals surface area contributed by atoms with E-state index in [2.05, 4.69) is 18.8 Å². The lowest BCUT2D eigenvalue weighted by molar-refractivity contribution is 0.0720. The van der Waals surface area contributed by atoms with Crippen molar-refractivity contribution < 1.29 is 9.21 Å². The van der Waals surface area contributed by atoms with E-state index >= 15 is 0 Å². The van der Waals surface area contributed by atoms with Gasteiger partial charge in [0.05, 0.1) is 12.3 Å². The maximum absolute atomic E-state index is 13.0. The van der Waals surface area contributed by atoms with Crippen molar-refractivity contribution >= 4 is 16.8 Å². The molecule has 0 radical (unpaired) electrons. The van der Waals surface area contributed by atoms with Crippen molar-refractivity contribution in [1.82, 2.24) is 9.88 Å². The van der Waals surface area contributed by atoms with Crippen molar-refractivity contribution in [1.29, 1.82) is 0 Å². The molecule has 3 aromatic rings. The summed E-state index contributed by atoms with van der Waals surface area (Å²) < 4.78 is 5.53. The minimum absolute atomic E-state index is 0.0576. The average molecular weight is 308 g/mol. The van der Waals surface area contributed by atoms with Gasteiger partial charge in [-0.05, 0) is 62.6 Å². The molecule has 1 fully saturated rings. The summed E-state index contributed by atoms with van der Waals surface area (Å²) in [5.74, 6) is 0.967. The summed E-state index contributed by atoms with van der Waals surface area (Å²) in [4.78, 5) is 18.3. The van der Waals surface area contributed by atoms with Gasteiger partial charge in [-0.15, -0.1) is 0 Å². The lowest BCUT2D eigenvalue weighted by Gasteiger charge is -2.23. The zero-order valence-electron chi connectivity index (χ0n) is 13.4. The van der Waals surface area contributed by atoms with E-state index in [0.717, 1.165) is 47.3 Å². The van der Waals surface area contributed by atoms with Crippen LogP contribution in [0.15, 0.2) is 41.0 Å². The summed E-state index contributed by atoms with van der Waals surface area (Å²) in [5.41, 5.74) is 4.19. The van der Waals surface area contributed by atoms with E-state index in [4.69, 9.17) is 4.42 Å². The van der Waals surface area contributed by atoms with Crippen LogP contribution in [0.4, 0.5) is 0 Å². The molecular formula is C19H20N2O2. The largest absolute Gasteiger partial charge is 0.467 e. The number of rotatable bonds is 2. The van der Waals surface area contributed by atoms with Crippen LogP contribution in [0.25, 0.3) is 10.9 Å². The van der Waals surface area contributed by atoms with Gasteiger partial charge < -0.3 is 14.3 Å². The molecule has 3 heterocycles. The van der Waals surface area contributed by atoms with Gasteiger partial charge in [0.15, 0.2) is 0 Å². The Morgan fingerprint density at radius 3 is 2.96 bits per heavy atom. The van der Waals surface area contributed by atoms with Gasteiger partial charge in [-0.1, -0.05) is 0 Å². The second-order valence-electron chi connectivity index (χ2n) is 6.31. The first-order valence-electron chi connectivity index (χ1n) is 8.08. The van der Waals surface area contributed by atoms with Gasteiger partial charge in [-0.2, -0.15) is 0 Å². The Morgan fingerprint density at radius 2 is 2.17 bits per heavy atom. The SMILES string of the molecule is Cc1[nH]c2ccc(C(=O)N3CCC[C@@H]3c3ccco3)cc2c1C.